The van der Waals surface area contributed by atoms with Gasteiger partial charge >= 0.3 is 0 Å². The van der Waals surface area contributed by atoms with Crippen molar-refractivity contribution in [1.82, 2.24) is 4.98 Å². The summed E-state index contributed by atoms with van der Waals surface area (Å²) in [6.07, 6.45) is 0.873. The molecule has 3 heteroatoms. The number of hydrogen-bond donors (Lipinski definition) is 0. The van der Waals surface area contributed by atoms with Crippen LogP contribution in [0.5, 0.6) is 0 Å². The number of hydrogen-bond acceptors (Lipinski definition) is 1. The Kier molecular flexibility index (Phi) is 3.75. The van der Waals surface area contributed by atoms with E-state index in [1.54, 1.807) is 6.07 Å². The predicted molar refractivity (Wildman–Crippen MR) is 67.8 cm³/mol. The van der Waals surface area contributed by atoms with E-state index >= 15 is 0 Å². The lowest BCUT2D eigenvalue weighted by molar-refractivity contribution is 0.569. The molecule has 2 aromatic rings. The highest BCUT2D eigenvalue weighted by molar-refractivity contribution is 6.30. The van der Waals surface area contributed by atoms with Crippen LogP contribution in [0.15, 0.2) is 42.5 Å². The standard InChI is InChI=1S/C14H13ClFN/c1-2-12(10-6-8-11(15)9-7-10)13-4-3-5-14(16)17-13/h3-9,12H,2H2,1H3. The third-order valence-electron chi connectivity index (χ3n) is 2.77. The Bertz CT molecular complexity index is 496. The number of rotatable bonds is 3. The maximum absolute atomic E-state index is 13.1. The third-order valence-corrected chi connectivity index (χ3v) is 3.03. The molecule has 1 aromatic carbocycles. The molecule has 2 rings (SSSR count). The molecule has 1 nitrogen and oxygen atoms in total. The molecule has 0 bridgehead atoms. The molecular weight excluding hydrogens is 237 g/mol. The van der Waals surface area contributed by atoms with Crippen LogP contribution in [0, 0.1) is 5.95 Å². The van der Waals surface area contributed by atoms with Crippen LogP contribution in [0.2, 0.25) is 5.02 Å². The van der Waals surface area contributed by atoms with E-state index in [-0.39, 0.29) is 5.92 Å². The van der Waals surface area contributed by atoms with E-state index in [2.05, 4.69) is 11.9 Å². The summed E-state index contributed by atoms with van der Waals surface area (Å²) < 4.78 is 13.1. The molecule has 0 aliphatic carbocycles. The number of pyridine rings is 1. The summed E-state index contributed by atoms with van der Waals surface area (Å²) in [7, 11) is 0. The highest BCUT2D eigenvalue weighted by Gasteiger charge is 2.13. The summed E-state index contributed by atoms with van der Waals surface area (Å²) >= 11 is 5.86. The number of nitrogens with zero attached hydrogens (tertiary/aromatic N) is 1. The molecule has 0 amide bonds. The second kappa shape index (κ2) is 5.28. The van der Waals surface area contributed by atoms with Gasteiger partial charge in [0.05, 0.1) is 5.69 Å². The quantitative estimate of drug-likeness (QED) is 0.734. The predicted octanol–water partition coefficient (Wildman–Crippen LogP) is 4.42. The summed E-state index contributed by atoms with van der Waals surface area (Å²) in [5.74, 6) is -0.321. The summed E-state index contributed by atoms with van der Waals surface area (Å²) in [6, 6.07) is 12.5. The van der Waals surface area contributed by atoms with E-state index in [4.69, 9.17) is 11.6 Å². The van der Waals surface area contributed by atoms with Crippen molar-refractivity contribution in [3.8, 4) is 0 Å². The highest BCUT2D eigenvalue weighted by atomic mass is 35.5. The van der Waals surface area contributed by atoms with Crippen molar-refractivity contribution >= 4 is 11.6 Å². The molecule has 0 aliphatic heterocycles. The Morgan fingerprint density at radius 3 is 2.47 bits per heavy atom. The molecular formula is C14H13ClFN. The minimum absolute atomic E-state index is 0.114. The molecule has 0 spiro atoms. The maximum atomic E-state index is 13.1. The Labute approximate surface area is 105 Å². The fourth-order valence-corrected chi connectivity index (χ4v) is 2.05. The summed E-state index contributed by atoms with van der Waals surface area (Å²) in [4.78, 5) is 3.94. The molecule has 1 heterocycles. The van der Waals surface area contributed by atoms with Crippen LogP contribution in [-0.2, 0) is 0 Å². The average molecular weight is 250 g/mol. The zero-order chi connectivity index (χ0) is 12.3. The molecule has 0 saturated carbocycles. The average Bonchev–Trinajstić information content (AvgIpc) is 2.33. The van der Waals surface area contributed by atoms with E-state index in [1.807, 2.05) is 30.3 Å². The fraction of sp³-hybridized carbons (Fsp3) is 0.214. The van der Waals surface area contributed by atoms with Crippen LogP contribution in [0.3, 0.4) is 0 Å². The van der Waals surface area contributed by atoms with Gasteiger partial charge in [-0.3, -0.25) is 0 Å². The minimum atomic E-state index is -0.435. The molecule has 0 aliphatic rings. The lowest BCUT2D eigenvalue weighted by Crippen LogP contribution is -2.03. The lowest BCUT2D eigenvalue weighted by Gasteiger charge is -2.14. The molecule has 0 N–H and O–H groups in total. The van der Waals surface area contributed by atoms with E-state index in [0.717, 1.165) is 17.7 Å². The molecule has 1 unspecified atom stereocenters. The van der Waals surface area contributed by atoms with E-state index in [9.17, 15) is 4.39 Å². The van der Waals surface area contributed by atoms with Gasteiger partial charge in [0.1, 0.15) is 0 Å². The van der Waals surface area contributed by atoms with E-state index < -0.39 is 5.95 Å². The van der Waals surface area contributed by atoms with Crippen molar-refractivity contribution in [3.63, 3.8) is 0 Å². The topological polar surface area (TPSA) is 12.9 Å². The van der Waals surface area contributed by atoms with Crippen molar-refractivity contribution in [3.05, 3.63) is 64.7 Å². The van der Waals surface area contributed by atoms with Crippen molar-refractivity contribution < 1.29 is 4.39 Å². The molecule has 1 aromatic heterocycles. The van der Waals surface area contributed by atoms with E-state index in [1.165, 1.54) is 6.07 Å². The summed E-state index contributed by atoms with van der Waals surface area (Å²) in [5.41, 5.74) is 1.87. The molecule has 0 radical (unpaired) electrons. The second-order valence-corrected chi connectivity index (χ2v) is 4.33. The molecule has 0 fully saturated rings. The zero-order valence-electron chi connectivity index (χ0n) is 9.53. The van der Waals surface area contributed by atoms with E-state index in [0.29, 0.717) is 5.02 Å². The Balaban J connectivity index is 2.36. The van der Waals surface area contributed by atoms with Crippen LogP contribution in [0.25, 0.3) is 0 Å². The first-order chi connectivity index (χ1) is 8.20. The van der Waals surface area contributed by atoms with Crippen LogP contribution >= 0.6 is 11.6 Å². The van der Waals surface area contributed by atoms with Crippen LogP contribution in [0.4, 0.5) is 4.39 Å². The summed E-state index contributed by atoms with van der Waals surface area (Å²) in [5, 5.41) is 0.704. The van der Waals surface area contributed by atoms with Gasteiger partial charge in [0.15, 0.2) is 0 Å². The number of halogens is 2. The van der Waals surface area contributed by atoms with Gasteiger partial charge in [-0.15, -0.1) is 0 Å². The first-order valence-electron chi connectivity index (χ1n) is 5.58. The molecule has 0 saturated heterocycles. The largest absolute Gasteiger partial charge is 0.224 e. The smallest absolute Gasteiger partial charge is 0.213 e. The first kappa shape index (κ1) is 12.1. The number of benzene rings is 1. The SMILES string of the molecule is CCC(c1ccc(Cl)cc1)c1cccc(F)n1. The fourth-order valence-electron chi connectivity index (χ4n) is 1.93. The van der Waals surface area contributed by atoms with Crippen LogP contribution in [0.1, 0.15) is 30.5 Å². The van der Waals surface area contributed by atoms with Crippen molar-refractivity contribution in [2.24, 2.45) is 0 Å². The molecule has 17 heavy (non-hydrogen) atoms. The van der Waals surface area contributed by atoms with Gasteiger partial charge in [-0.1, -0.05) is 36.7 Å². The van der Waals surface area contributed by atoms with Gasteiger partial charge in [0, 0.05) is 10.9 Å². The second-order valence-electron chi connectivity index (χ2n) is 3.90. The maximum Gasteiger partial charge on any atom is 0.213 e. The minimum Gasteiger partial charge on any atom is -0.224 e. The summed E-state index contributed by atoms with van der Waals surface area (Å²) in [6.45, 7) is 2.06. The molecule has 1 atom stereocenters. The first-order valence-corrected chi connectivity index (χ1v) is 5.96. The third kappa shape index (κ3) is 2.83. The van der Waals surface area contributed by atoms with Gasteiger partial charge in [0.25, 0.3) is 0 Å². The normalized spacial score (nSPS) is 12.4. The van der Waals surface area contributed by atoms with Gasteiger partial charge in [-0.05, 0) is 36.2 Å². The van der Waals surface area contributed by atoms with Crippen molar-refractivity contribution in [2.75, 3.05) is 0 Å². The highest BCUT2D eigenvalue weighted by Crippen LogP contribution is 2.27. The van der Waals surface area contributed by atoms with Gasteiger partial charge in [0.2, 0.25) is 5.95 Å². The van der Waals surface area contributed by atoms with Crippen molar-refractivity contribution in [1.29, 1.82) is 0 Å². The zero-order valence-corrected chi connectivity index (χ0v) is 10.3. The lowest BCUT2D eigenvalue weighted by atomic mass is 9.93. The van der Waals surface area contributed by atoms with Gasteiger partial charge < -0.3 is 0 Å². The Morgan fingerprint density at radius 1 is 1.18 bits per heavy atom. The van der Waals surface area contributed by atoms with Gasteiger partial charge in [-0.25, -0.2) is 4.98 Å². The van der Waals surface area contributed by atoms with Crippen LogP contribution < -0.4 is 0 Å². The van der Waals surface area contributed by atoms with Crippen molar-refractivity contribution in [2.45, 2.75) is 19.3 Å². The number of aromatic nitrogens is 1. The van der Waals surface area contributed by atoms with Gasteiger partial charge in [-0.2, -0.15) is 4.39 Å². The Hall–Kier alpha value is -1.41. The Morgan fingerprint density at radius 2 is 1.88 bits per heavy atom. The monoisotopic (exact) mass is 249 g/mol. The molecule has 88 valence electrons. The van der Waals surface area contributed by atoms with Crippen LogP contribution in [-0.4, -0.2) is 4.98 Å².